The van der Waals surface area contributed by atoms with Crippen molar-refractivity contribution in [3.8, 4) is 0 Å². The predicted molar refractivity (Wildman–Crippen MR) is 70.0 cm³/mol. The second-order valence-corrected chi connectivity index (χ2v) is 5.61. The van der Waals surface area contributed by atoms with Gasteiger partial charge in [0.1, 0.15) is 5.82 Å². The van der Waals surface area contributed by atoms with Crippen LogP contribution in [0.5, 0.6) is 0 Å². The molecule has 0 aromatic heterocycles. The minimum Gasteiger partial charge on any atom is -0.207 e. The molecule has 94 valence electrons. The van der Waals surface area contributed by atoms with Crippen molar-refractivity contribution in [2.45, 2.75) is 10.6 Å². The fourth-order valence-electron chi connectivity index (χ4n) is 1.43. The van der Waals surface area contributed by atoms with Gasteiger partial charge in [0, 0.05) is 15.1 Å². The molecule has 0 heterocycles. The molecule has 0 fully saturated rings. The molecule has 0 atom stereocenters. The highest BCUT2D eigenvalue weighted by Gasteiger charge is 2.04. The van der Waals surface area contributed by atoms with E-state index in [1.54, 1.807) is 6.07 Å². The van der Waals surface area contributed by atoms with Gasteiger partial charge >= 0.3 is 0 Å². The van der Waals surface area contributed by atoms with Crippen LogP contribution in [0.1, 0.15) is 5.56 Å². The maximum absolute atomic E-state index is 13.1. The lowest BCUT2D eigenvalue weighted by Gasteiger charge is -2.04. The fourth-order valence-corrected chi connectivity index (χ4v) is 2.79. The van der Waals surface area contributed by atoms with Crippen molar-refractivity contribution in [3.05, 3.63) is 63.9 Å². The first-order valence-electron chi connectivity index (χ1n) is 5.07. The fraction of sp³-hybridized carbons (Fsp3) is 0.0769. The van der Waals surface area contributed by atoms with Crippen molar-refractivity contribution in [3.63, 3.8) is 0 Å². The van der Waals surface area contributed by atoms with E-state index >= 15 is 0 Å². The molecule has 0 saturated carbocycles. The zero-order valence-corrected chi connectivity index (χ0v) is 11.5. The Morgan fingerprint density at radius 2 is 1.72 bits per heavy atom. The lowest BCUT2D eigenvalue weighted by molar-refractivity contribution is 0.506. The molecule has 0 aliphatic heterocycles. The van der Waals surface area contributed by atoms with Crippen molar-refractivity contribution >= 4 is 27.7 Å². The van der Waals surface area contributed by atoms with Crippen molar-refractivity contribution < 1.29 is 13.2 Å². The Kier molecular flexibility index (Phi) is 4.35. The quantitative estimate of drug-likeness (QED) is 0.699. The van der Waals surface area contributed by atoms with E-state index in [1.165, 1.54) is 30.0 Å². The summed E-state index contributed by atoms with van der Waals surface area (Å²) < 4.78 is 39.5. The van der Waals surface area contributed by atoms with Crippen molar-refractivity contribution in [1.82, 2.24) is 0 Å². The molecule has 0 aliphatic rings. The maximum atomic E-state index is 13.1. The predicted octanol–water partition coefficient (Wildman–Crippen LogP) is 5.16. The highest BCUT2D eigenvalue weighted by Crippen LogP contribution is 2.26. The second-order valence-electron chi connectivity index (χ2n) is 3.64. The van der Waals surface area contributed by atoms with Gasteiger partial charge in [-0.1, -0.05) is 15.9 Å². The van der Waals surface area contributed by atoms with Crippen LogP contribution in [0.2, 0.25) is 0 Å². The van der Waals surface area contributed by atoms with Crippen LogP contribution in [0.3, 0.4) is 0 Å². The van der Waals surface area contributed by atoms with Gasteiger partial charge in [0.25, 0.3) is 0 Å². The van der Waals surface area contributed by atoms with Crippen molar-refractivity contribution in [2.75, 3.05) is 0 Å². The molecule has 0 aliphatic carbocycles. The molecule has 0 amide bonds. The zero-order valence-electron chi connectivity index (χ0n) is 9.09. The van der Waals surface area contributed by atoms with Crippen LogP contribution in [0.25, 0.3) is 0 Å². The number of rotatable bonds is 3. The first-order valence-corrected chi connectivity index (χ1v) is 6.85. The number of benzene rings is 2. The van der Waals surface area contributed by atoms with Gasteiger partial charge in [-0.3, -0.25) is 0 Å². The summed E-state index contributed by atoms with van der Waals surface area (Å²) in [5.41, 5.74) is 0.775. The Morgan fingerprint density at radius 1 is 0.944 bits per heavy atom. The summed E-state index contributed by atoms with van der Waals surface area (Å²) in [4.78, 5) is 0.606. The molecule has 0 spiro atoms. The van der Waals surface area contributed by atoms with Crippen molar-refractivity contribution in [1.29, 1.82) is 0 Å². The van der Waals surface area contributed by atoms with E-state index < -0.39 is 11.6 Å². The largest absolute Gasteiger partial charge is 0.207 e. The Labute approximate surface area is 115 Å². The maximum Gasteiger partial charge on any atom is 0.159 e. The molecule has 0 nitrogen and oxygen atoms in total. The van der Waals surface area contributed by atoms with Gasteiger partial charge in [0.15, 0.2) is 11.6 Å². The molecule has 0 saturated heterocycles. The van der Waals surface area contributed by atoms with E-state index in [-0.39, 0.29) is 5.82 Å². The Hall–Kier alpha value is -0.940. The van der Waals surface area contributed by atoms with Crippen LogP contribution in [-0.4, -0.2) is 0 Å². The highest BCUT2D eigenvalue weighted by atomic mass is 79.9. The summed E-state index contributed by atoms with van der Waals surface area (Å²) in [6.45, 7) is 0. The Morgan fingerprint density at radius 3 is 2.39 bits per heavy atom. The smallest absolute Gasteiger partial charge is 0.159 e. The van der Waals surface area contributed by atoms with Crippen LogP contribution < -0.4 is 0 Å². The average molecular weight is 333 g/mol. The summed E-state index contributed by atoms with van der Waals surface area (Å²) in [5, 5.41) is 0. The summed E-state index contributed by atoms with van der Waals surface area (Å²) >= 11 is 4.52. The third-order valence-electron chi connectivity index (χ3n) is 2.22. The monoisotopic (exact) mass is 332 g/mol. The molecule has 0 radical (unpaired) electrons. The zero-order chi connectivity index (χ0) is 13.1. The molecule has 18 heavy (non-hydrogen) atoms. The topological polar surface area (TPSA) is 0 Å². The van der Waals surface area contributed by atoms with Gasteiger partial charge in [-0.05, 0) is 42.0 Å². The van der Waals surface area contributed by atoms with Crippen LogP contribution in [0.15, 0.2) is 45.8 Å². The van der Waals surface area contributed by atoms with Crippen LogP contribution in [0.4, 0.5) is 13.2 Å². The first-order chi connectivity index (χ1) is 8.54. The summed E-state index contributed by atoms with van der Waals surface area (Å²) in [7, 11) is 0. The van der Waals surface area contributed by atoms with Crippen molar-refractivity contribution in [2.24, 2.45) is 0 Å². The number of halogens is 4. The van der Waals surface area contributed by atoms with Gasteiger partial charge in [-0.15, -0.1) is 11.8 Å². The summed E-state index contributed by atoms with van der Waals surface area (Å²) in [6.07, 6.45) is 0. The average Bonchev–Trinajstić information content (AvgIpc) is 2.29. The van der Waals surface area contributed by atoms with Crippen LogP contribution >= 0.6 is 27.7 Å². The van der Waals surface area contributed by atoms with E-state index in [1.807, 2.05) is 0 Å². The van der Waals surface area contributed by atoms with Gasteiger partial charge < -0.3 is 0 Å². The molecule has 0 N–H and O–H groups in total. The first kappa shape index (κ1) is 13.5. The van der Waals surface area contributed by atoms with E-state index in [0.29, 0.717) is 15.1 Å². The van der Waals surface area contributed by atoms with Crippen LogP contribution in [-0.2, 0) is 5.75 Å². The summed E-state index contributed by atoms with van der Waals surface area (Å²) in [6, 6.07) is 8.28. The normalized spacial score (nSPS) is 10.7. The van der Waals surface area contributed by atoms with E-state index in [9.17, 15) is 13.2 Å². The lowest BCUT2D eigenvalue weighted by atomic mass is 10.2. The molecule has 0 unspecified atom stereocenters. The molecule has 2 aromatic rings. The number of hydrogen-bond donors (Lipinski definition) is 0. The lowest BCUT2D eigenvalue weighted by Crippen LogP contribution is -1.86. The van der Waals surface area contributed by atoms with Gasteiger partial charge in [-0.2, -0.15) is 0 Å². The van der Waals surface area contributed by atoms with Gasteiger partial charge in [-0.25, -0.2) is 13.2 Å². The molecule has 2 rings (SSSR count). The standard InChI is InChI=1S/C13H8BrF3S/c14-9-3-8(4-10(15)5-9)7-18-11-1-2-12(16)13(17)6-11/h1-6H,7H2. The summed E-state index contributed by atoms with van der Waals surface area (Å²) in [5.74, 6) is -1.58. The minimum absolute atomic E-state index is 0.328. The number of hydrogen-bond acceptors (Lipinski definition) is 1. The van der Waals surface area contributed by atoms with E-state index in [2.05, 4.69) is 15.9 Å². The van der Waals surface area contributed by atoms with Crippen LogP contribution in [0, 0.1) is 17.5 Å². The Balaban J connectivity index is 2.08. The third-order valence-corrected chi connectivity index (χ3v) is 3.74. The molecule has 0 bridgehead atoms. The number of thioether (sulfide) groups is 1. The van der Waals surface area contributed by atoms with E-state index in [0.717, 1.165) is 17.7 Å². The molecule has 5 heteroatoms. The molecular formula is C13H8BrF3S. The molecule has 2 aromatic carbocycles. The highest BCUT2D eigenvalue weighted by molar-refractivity contribution is 9.10. The second kappa shape index (κ2) is 5.80. The minimum atomic E-state index is -0.875. The SMILES string of the molecule is Fc1cc(Br)cc(CSc2ccc(F)c(F)c2)c1. The Bertz CT molecular complexity index is 552. The van der Waals surface area contributed by atoms with Gasteiger partial charge in [0.05, 0.1) is 0 Å². The van der Waals surface area contributed by atoms with E-state index in [4.69, 9.17) is 0 Å². The third kappa shape index (κ3) is 3.53. The molecular weight excluding hydrogens is 325 g/mol. The van der Waals surface area contributed by atoms with Gasteiger partial charge in [0.2, 0.25) is 0 Å².